The summed E-state index contributed by atoms with van der Waals surface area (Å²) in [5.41, 5.74) is 3.63. The molecule has 2 aromatic heterocycles. The van der Waals surface area contributed by atoms with E-state index in [-0.39, 0.29) is 36.3 Å². The maximum absolute atomic E-state index is 12.7. The Morgan fingerprint density at radius 2 is 1.77 bits per heavy atom. The second-order valence-corrected chi connectivity index (χ2v) is 7.30. The quantitative estimate of drug-likeness (QED) is 0.494. The molecule has 0 amide bonds. The van der Waals surface area contributed by atoms with Crippen molar-refractivity contribution < 1.29 is 28.6 Å². The van der Waals surface area contributed by atoms with E-state index < -0.39 is 11.9 Å². The summed E-state index contributed by atoms with van der Waals surface area (Å²) in [7, 11) is 1.63. The van der Waals surface area contributed by atoms with E-state index in [0.717, 1.165) is 11.4 Å². The zero-order valence-corrected chi connectivity index (χ0v) is 18.7. The van der Waals surface area contributed by atoms with Crippen LogP contribution < -0.4 is 0 Å². The van der Waals surface area contributed by atoms with E-state index in [1.807, 2.05) is 25.3 Å². The van der Waals surface area contributed by atoms with Crippen molar-refractivity contribution in [1.29, 1.82) is 0 Å². The number of nitrogens with zero attached hydrogens (tertiary/aromatic N) is 1. The lowest BCUT2D eigenvalue weighted by Crippen LogP contribution is -2.17. The molecule has 30 heavy (non-hydrogen) atoms. The number of aryl methyl sites for hydroxylation is 2. The van der Waals surface area contributed by atoms with Crippen LogP contribution in [-0.2, 0) is 14.2 Å². The standard InChI is InChI=1S/C22H30N2O6/c1-8-29-22(27)20-14(4)19(15(5)23-20)21(26)30-11-18(25)17-9-12(2)24(16(17)6)13(3)10-28-7/h9,13,23H,8,10-11H2,1-7H3/t13-/m1/s1. The molecule has 0 unspecified atom stereocenters. The molecule has 2 heterocycles. The Balaban J connectivity index is 2.15. The van der Waals surface area contributed by atoms with Gasteiger partial charge in [-0.25, -0.2) is 9.59 Å². The molecule has 0 radical (unpaired) electrons. The molecule has 0 aromatic carbocycles. The fraction of sp³-hybridized carbons (Fsp3) is 0.500. The molecule has 0 spiro atoms. The average molecular weight is 418 g/mol. The van der Waals surface area contributed by atoms with Gasteiger partial charge >= 0.3 is 11.9 Å². The number of H-pyrrole nitrogens is 1. The van der Waals surface area contributed by atoms with Gasteiger partial charge in [0.15, 0.2) is 6.61 Å². The highest BCUT2D eigenvalue weighted by molar-refractivity contribution is 6.02. The van der Waals surface area contributed by atoms with E-state index in [2.05, 4.69) is 4.98 Å². The van der Waals surface area contributed by atoms with Crippen LogP contribution in [0.15, 0.2) is 6.07 Å². The van der Waals surface area contributed by atoms with E-state index in [1.54, 1.807) is 33.9 Å². The minimum Gasteiger partial charge on any atom is -0.461 e. The molecule has 2 aromatic rings. The van der Waals surface area contributed by atoms with Crippen molar-refractivity contribution >= 4 is 17.7 Å². The predicted octanol–water partition coefficient (Wildman–Crippen LogP) is 3.47. The number of methoxy groups -OCH3 is 1. The highest BCUT2D eigenvalue weighted by atomic mass is 16.5. The number of nitrogens with one attached hydrogen (secondary N) is 1. The third-order valence-electron chi connectivity index (χ3n) is 5.09. The lowest BCUT2D eigenvalue weighted by Gasteiger charge is -2.17. The largest absolute Gasteiger partial charge is 0.461 e. The van der Waals surface area contributed by atoms with Gasteiger partial charge in [0.2, 0.25) is 5.78 Å². The van der Waals surface area contributed by atoms with Gasteiger partial charge in [0.25, 0.3) is 0 Å². The lowest BCUT2D eigenvalue weighted by molar-refractivity contribution is 0.0473. The van der Waals surface area contributed by atoms with E-state index in [4.69, 9.17) is 14.2 Å². The minimum absolute atomic E-state index is 0.0746. The van der Waals surface area contributed by atoms with Crippen LogP contribution in [0.4, 0.5) is 0 Å². The van der Waals surface area contributed by atoms with Gasteiger partial charge in [0, 0.05) is 29.8 Å². The molecule has 2 rings (SSSR count). The number of carbonyl (C=O) groups is 3. The van der Waals surface area contributed by atoms with Crippen LogP contribution in [0.3, 0.4) is 0 Å². The first-order valence-electron chi connectivity index (χ1n) is 9.87. The maximum Gasteiger partial charge on any atom is 0.355 e. The van der Waals surface area contributed by atoms with Crippen LogP contribution in [0.5, 0.6) is 0 Å². The highest BCUT2D eigenvalue weighted by Gasteiger charge is 2.25. The van der Waals surface area contributed by atoms with Gasteiger partial charge < -0.3 is 23.8 Å². The number of Topliss-reactive ketones (excluding diaryl/α,β-unsaturated/α-hetero) is 1. The minimum atomic E-state index is -0.660. The number of ketones is 1. The predicted molar refractivity (Wildman–Crippen MR) is 111 cm³/mol. The molecule has 1 N–H and O–H groups in total. The van der Waals surface area contributed by atoms with Crippen molar-refractivity contribution in [2.75, 3.05) is 26.9 Å². The fourth-order valence-electron chi connectivity index (χ4n) is 3.80. The number of carbonyl (C=O) groups excluding carboxylic acids is 3. The summed E-state index contributed by atoms with van der Waals surface area (Å²) in [6.45, 7) is 11.2. The van der Waals surface area contributed by atoms with Gasteiger partial charge in [-0.3, -0.25) is 4.79 Å². The molecule has 0 aliphatic heterocycles. The van der Waals surface area contributed by atoms with E-state index in [9.17, 15) is 14.4 Å². The summed E-state index contributed by atoms with van der Waals surface area (Å²) in [5, 5.41) is 0. The summed E-state index contributed by atoms with van der Waals surface area (Å²) < 4.78 is 17.5. The topological polar surface area (TPSA) is 99.6 Å². The van der Waals surface area contributed by atoms with E-state index >= 15 is 0 Å². The van der Waals surface area contributed by atoms with Crippen LogP contribution in [-0.4, -0.2) is 54.2 Å². The van der Waals surface area contributed by atoms with Gasteiger partial charge in [-0.15, -0.1) is 0 Å². The molecule has 8 heteroatoms. The number of aromatic nitrogens is 2. The Morgan fingerprint density at radius 1 is 1.10 bits per heavy atom. The Morgan fingerprint density at radius 3 is 2.37 bits per heavy atom. The van der Waals surface area contributed by atoms with Crippen LogP contribution in [0, 0.1) is 27.7 Å². The van der Waals surface area contributed by atoms with Crippen molar-refractivity contribution in [2.45, 2.75) is 47.6 Å². The van der Waals surface area contributed by atoms with Crippen molar-refractivity contribution in [1.82, 2.24) is 9.55 Å². The van der Waals surface area contributed by atoms with Gasteiger partial charge in [0.05, 0.1) is 24.8 Å². The first-order valence-corrected chi connectivity index (χ1v) is 9.87. The molecule has 0 aliphatic rings. The molecule has 164 valence electrons. The number of esters is 2. The van der Waals surface area contributed by atoms with Crippen molar-refractivity contribution in [3.05, 3.63) is 45.5 Å². The summed E-state index contributed by atoms with van der Waals surface area (Å²) in [6, 6.07) is 1.87. The maximum atomic E-state index is 12.7. The molecule has 0 bridgehead atoms. The fourth-order valence-corrected chi connectivity index (χ4v) is 3.80. The Bertz CT molecular complexity index is 953. The van der Waals surface area contributed by atoms with Crippen LogP contribution in [0.25, 0.3) is 0 Å². The van der Waals surface area contributed by atoms with Crippen molar-refractivity contribution in [3.8, 4) is 0 Å². The third-order valence-corrected chi connectivity index (χ3v) is 5.09. The SMILES string of the molecule is CCOC(=O)c1[nH]c(C)c(C(=O)OCC(=O)c2cc(C)n([C@H](C)COC)c2C)c1C. The smallest absolute Gasteiger partial charge is 0.355 e. The summed E-state index contributed by atoms with van der Waals surface area (Å²) in [6.07, 6.45) is 0. The molecular formula is C22H30N2O6. The van der Waals surface area contributed by atoms with Gasteiger partial charge in [-0.2, -0.15) is 0 Å². The third kappa shape index (κ3) is 4.64. The van der Waals surface area contributed by atoms with E-state index in [1.165, 1.54) is 0 Å². The number of hydrogen-bond donors (Lipinski definition) is 1. The van der Waals surface area contributed by atoms with Crippen molar-refractivity contribution in [2.24, 2.45) is 0 Å². The van der Waals surface area contributed by atoms with Gasteiger partial charge in [-0.05, 0) is 53.2 Å². The second kappa shape index (κ2) is 9.75. The van der Waals surface area contributed by atoms with Crippen molar-refractivity contribution in [3.63, 3.8) is 0 Å². The second-order valence-electron chi connectivity index (χ2n) is 7.30. The number of ether oxygens (including phenoxy) is 3. The first kappa shape index (κ1) is 23.4. The monoisotopic (exact) mass is 418 g/mol. The van der Waals surface area contributed by atoms with Crippen LogP contribution >= 0.6 is 0 Å². The van der Waals surface area contributed by atoms with E-state index in [0.29, 0.717) is 23.4 Å². The number of aromatic amines is 1. The Labute approximate surface area is 176 Å². The molecule has 1 atom stereocenters. The molecule has 0 aliphatic carbocycles. The Hall–Kier alpha value is -2.87. The van der Waals surface area contributed by atoms with Gasteiger partial charge in [0.1, 0.15) is 5.69 Å². The first-order chi connectivity index (χ1) is 14.1. The number of hydrogen-bond acceptors (Lipinski definition) is 6. The number of rotatable bonds is 9. The summed E-state index contributed by atoms with van der Waals surface area (Å²) >= 11 is 0. The molecular weight excluding hydrogens is 388 g/mol. The highest BCUT2D eigenvalue weighted by Crippen LogP contribution is 2.23. The van der Waals surface area contributed by atoms with Gasteiger partial charge in [-0.1, -0.05) is 0 Å². The Kier molecular flexibility index (Phi) is 7.61. The zero-order valence-electron chi connectivity index (χ0n) is 18.7. The average Bonchev–Trinajstić information content (AvgIpc) is 3.15. The molecule has 0 saturated carbocycles. The summed E-state index contributed by atoms with van der Waals surface area (Å²) in [4.78, 5) is 40.2. The summed E-state index contributed by atoms with van der Waals surface area (Å²) in [5.74, 6) is -1.48. The lowest BCUT2D eigenvalue weighted by atomic mass is 10.1. The molecule has 8 nitrogen and oxygen atoms in total. The normalized spacial score (nSPS) is 12.0. The van der Waals surface area contributed by atoms with Crippen LogP contribution in [0.1, 0.15) is 73.7 Å². The van der Waals surface area contributed by atoms with Crippen LogP contribution in [0.2, 0.25) is 0 Å². The molecule has 0 saturated heterocycles. The zero-order chi connectivity index (χ0) is 22.6. The molecule has 0 fully saturated rings.